The molecule has 6 nitrogen and oxygen atoms in total. The quantitative estimate of drug-likeness (QED) is 0.437. The number of rotatable bonds is 2. The molecule has 0 spiro atoms. The molecule has 3 N–H and O–H groups in total. The summed E-state index contributed by atoms with van der Waals surface area (Å²) >= 11 is 0. The summed E-state index contributed by atoms with van der Waals surface area (Å²) in [7, 11) is 1.41. The van der Waals surface area contributed by atoms with E-state index >= 15 is 0 Å². The molecule has 0 unspecified atom stereocenters. The summed E-state index contributed by atoms with van der Waals surface area (Å²) in [6.07, 6.45) is 0. The fraction of sp³-hybridized carbons (Fsp3) is 0.818. The molecule has 0 heterocycles. The highest BCUT2D eigenvalue weighted by molar-refractivity contribution is 5.93. The molecular formula is C11H24N4O2. The molecule has 4 amide bonds. The average Bonchev–Trinajstić information content (AvgIpc) is 2.11. The Morgan fingerprint density at radius 3 is 2.12 bits per heavy atom. The molecule has 17 heavy (non-hydrogen) atoms. The maximum absolute atomic E-state index is 11.8. The molecule has 0 saturated heterocycles. The van der Waals surface area contributed by atoms with Crippen molar-refractivity contribution in [2.24, 2.45) is 11.8 Å². The minimum Gasteiger partial charge on any atom is -0.333 e. The van der Waals surface area contributed by atoms with Gasteiger partial charge in [-0.1, -0.05) is 13.8 Å². The Kier molecular flexibility index (Phi) is 5.41. The Bertz CT molecular complexity index is 284. The zero-order chi connectivity index (χ0) is 13.8. The number of nitrogens with one attached hydrogen (secondary N) is 1. The highest BCUT2D eigenvalue weighted by Crippen LogP contribution is 2.02. The van der Waals surface area contributed by atoms with E-state index in [1.165, 1.54) is 7.05 Å². The molecule has 0 aromatic heterocycles. The third-order valence-electron chi connectivity index (χ3n) is 1.88. The second-order valence-corrected chi connectivity index (χ2v) is 5.57. The van der Waals surface area contributed by atoms with E-state index in [-0.39, 0.29) is 11.5 Å². The molecule has 6 heteroatoms. The lowest BCUT2D eigenvalue weighted by Gasteiger charge is -2.28. The summed E-state index contributed by atoms with van der Waals surface area (Å²) in [6, 6.07) is -0.970. The van der Waals surface area contributed by atoms with Gasteiger partial charge in [-0.3, -0.25) is 5.01 Å². The molecule has 0 aliphatic rings. The second kappa shape index (κ2) is 5.86. The van der Waals surface area contributed by atoms with Crippen LogP contribution in [0, 0.1) is 5.92 Å². The zero-order valence-corrected chi connectivity index (χ0v) is 11.6. The molecule has 0 fully saturated rings. The van der Waals surface area contributed by atoms with E-state index in [9.17, 15) is 9.59 Å². The van der Waals surface area contributed by atoms with E-state index in [0.29, 0.717) is 6.54 Å². The first-order valence-corrected chi connectivity index (χ1v) is 5.66. The molecule has 0 saturated carbocycles. The van der Waals surface area contributed by atoms with Gasteiger partial charge in [-0.2, -0.15) is 0 Å². The summed E-state index contributed by atoms with van der Waals surface area (Å²) < 4.78 is 0. The number of nitrogens with zero attached hydrogens (tertiary/aromatic N) is 2. The van der Waals surface area contributed by atoms with Crippen LogP contribution in [0.25, 0.3) is 0 Å². The summed E-state index contributed by atoms with van der Waals surface area (Å²) in [4.78, 5) is 24.5. The highest BCUT2D eigenvalue weighted by atomic mass is 16.2. The molecule has 0 aliphatic carbocycles. The van der Waals surface area contributed by atoms with Gasteiger partial charge in [-0.25, -0.2) is 20.3 Å². The maximum Gasteiger partial charge on any atom is 0.342 e. The van der Waals surface area contributed by atoms with E-state index in [2.05, 4.69) is 5.32 Å². The van der Waals surface area contributed by atoms with Crippen molar-refractivity contribution in [2.45, 2.75) is 40.2 Å². The monoisotopic (exact) mass is 244 g/mol. The fourth-order valence-corrected chi connectivity index (χ4v) is 1.16. The first-order chi connectivity index (χ1) is 7.54. The van der Waals surface area contributed by atoms with Crippen molar-refractivity contribution in [3.63, 3.8) is 0 Å². The van der Waals surface area contributed by atoms with Crippen molar-refractivity contribution in [3.8, 4) is 0 Å². The standard InChI is InChI=1S/C11H24N4O2/c1-8(2)7-15(12)10(17)14(6)9(16)13-11(3,4)5/h8H,7,12H2,1-6H3,(H,13,16). The maximum atomic E-state index is 11.8. The Morgan fingerprint density at radius 2 is 1.76 bits per heavy atom. The third-order valence-corrected chi connectivity index (χ3v) is 1.88. The summed E-state index contributed by atoms with van der Waals surface area (Å²) in [5.41, 5.74) is -0.386. The molecule has 0 atom stereocenters. The van der Waals surface area contributed by atoms with Crippen LogP contribution in [0.1, 0.15) is 34.6 Å². The van der Waals surface area contributed by atoms with Crippen molar-refractivity contribution in [1.29, 1.82) is 0 Å². The van der Waals surface area contributed by atoms with Crippen molar-refractivity contribution in [3.05, 3.63) is 0 Å². The van der Waals surface area contributed by atoms with Crippen LogP contribution in [-0.4, -0.2) is 41.1 Å². The lowest BCUT2D eigenvalue weighted by atomic mass is 10.1. The number of hydrazine groups is 1. The van der Waals surface area contributed by atoms with Crippen LogP contribution in [0.4, 0.5) is 9.59 Å². The predicted octanol–water partition coefficient (Wildman–Crippen LogP) is 1.38. The van der Waals surface area contributed by atoms with Gasteiger partial charge in [0.25, 0.3) is 0 Å². The number of hydrogen-bond acceptors (Lipinski definition) is 3. The molecule has 0 aliphatic heterocycles. The summed E-state index contributed by atoms with van der Waals surface area (Å²) in [5, 5.41) is 3.74. The van der Waals surface area contributed by atoms with Gasteiger partial charge in [0.1, 0.15) is 0 Å². The van der Waals surface area contributed by atoms with Gasteiger partial charge in [0.15, 0.2) is 0 Å². The minimum atomic E-state index is -0.513. The first-order valence-electron chi connectivity index (χ1n) is 5.66. The van der Waals surface area contributed by atoms with Gasteiger partial charge in [-0.05, 0) is 26.7 Å². The van der Waals surface area contributed by atoms with Crippen LogP contribution in [0.15, 0.2) is 0 Å². The number of hydrogen-bond donors (Lipinski definition) is 2. The number of carbonyl (C=O) groups is 2. The average molecular weight is 244 g/mol. The van der Waals surface area contributed by atoms with Gasteiger partial charge < -0.3 is 5.32 Å². The molecule has 0 rings (SSSR count). The summed E-state index contributed by atoms with van der Waals surface area (Å²) in [6.45, 7) is 9.84. The van der Waals surface area contributed by atoms with Crippen LogP contribution in [0.2, 0.25) is 0 Å². The van der Waals surface area contributed by atoms with E-state index in [4.69, 9.17) is 5.84 Å². The molecule has 0 aromatic rings. The van der Waals surface area contributed by atoms with Gasteiger partial charge in [0, 0.05) is 19.1 Å². The predicted molar refractivity (Wildman–Crippen MR) is 67.2 cm³/mol. The SMILES string of the molecule is CC(C)CN(N)C(=O)N(C)C(=O)NC(C)(C)C. The summed E-state index contributed by atoms with van der Waals surface area (Å²) in [5.74, 6) is 5.84. The molecule has 0 aromatic carbocycles. The normalized spacial score (nSPS) is 11.3. The van der Waals surface area contributed by atoms with Crippen molar-refractivity contribution >= 4 is 12.1 Å². The Balaban J connectivity index is 4.44. The Morgan fingerprint density at radius 1 is 1.29 bits per heavy atom. The number of carbonyl (C=O) groups excluding carboxylic acids is 2. The van der Waals surface area contributed by atoms with Crippen LogP contribution in [-0.2, 0) is 0 Å². The number of amides is 4. The van der Waals surface area contributed by atoms with E-state index < -0.39 is 12.1 Å². The smallest absolute Gasteiger partial charge is 0.333 e. The van der Waals surface area contributed by atoms with Crippen LogP contribution < -0.4 is 11.2 Å². The van der Waals surface area contributed by atoms with E-state index in [1.54, 1.807) is 0 Å². The fourth-order valence-electron chi connectivity index (χ4n) is 1.16. The van der Waals surface area contributed by atoms with Gasteiger partial charge in [-0.15, -0.1) is 0 Å². The van der Waals surface area contributed by atoms with Crippen molar-refractivity contribution in [1.82, 2.24) is 15.2 Å². The highest BCUT2D eigenvalue weighted by Gasteiger charge is 2.24. The van der Waals surface area contributed by atoms with Crippen molar-refractivity contribution < 1.29 is 9.59 Å². The van der Waals surface area contributed by atoms with Gasteiger partial charge in [0.05, 0.1) is 0 Å². The molecule has 100 valence electrons. The zero-order valence-electron chi connectivity index (χ0n) is 11.6. The third kappa shape index (κ3) is 6.11. The Labute approximate surface area is 103 Å². The van der Waals surface area contributed by atoms with E-state index in [0.717, 1.165) is 9.91 Å². The van der Waals surface area contributed by atoms with Crippen LogP contribution in [0.3, 0.4) is 0 Å². The molecule has 0 bridgehead atoms. The topological polar surface area (TPSA) is 78.7 Å². The minimum absolute atomic E-state index is 0.253. The second-order valence-electron chi connectivity index (χ2n) is 5.57. The van der Waals surface area contributed by atoms with Crippen LogP contribution in [0.5, 0.6) is 0 Å². The first kappa shape index (κ1) is 15.7. The largest absolute Gasteiger partial charge is 0.342 e. The van der Waals surface area contributed by atoms with Gasteiger partial charge >= 0.3 is 12.1 Å². The van der Waals surface area contributed by atoms with Crippen molar-refractivity contribution in [2.75, 3.05) is 13.6 Å². The number of nitrogens with two attached hydrogens (primary N) is 1. The van der Waals surface area contributed by atoms with E-state index in [1.807, 2.05) is 34.6 Å². The molecule has 0 radical (unpaired) electrons. The van der Waals surface area contributed by atoms with Gasteiger partial charge in [0.2, 0.25) is 0 Å². The van der Waals surface area contributed by atoms with Crippen LogP contribution >= 0.6 is 0 Å². The Hall–Kier alpha value is -1.30. The lowest BCUT2D eigenvalue weighted by molar-refractivity contribution is 0.154. The number of imide groups is 1. The lowest BCUT2D eigenvalue weighted by Crippen LogP contribution is -2.54. The molecular weight excluding hydrogens is 220 g/mol. The number of urea groups is 2.